The SMILES string of the molecule is COC(=O)C(CC(C)C)NC(=O)c1ccc(C(=O)NC(CC(C)C)C(=O)OC)c(C#Cc2cc(C(=O)NC(CC(C)C)C(=O)OC)ccc2C(=O)NC(CC(C)C)C(=O)OC)c1. The first-order valence-electron chi connectivity index (χ1n) is 20.5. The number of carbonyl (C=O) groups excluding carboxylic acids is 8. The molecule has 338 valence electrons. The van der Waals surface area contributed by atoms with Crippen molar-refractivity contribution in [1.29, 1.82) is 0 Å². The molecule has 62 heavy (non-hydrogen) atoms. The standard InChI is InChI=1S/C46H62N4O12/c1-25(2)19-35(43(55)59-9)47-39(51)31-15-17-33(41(53)49-37(21-27(5)6)45(57)61-11)29(23-31)13-14-30-24-32(40(52)48-36(20-26(3)4)44(56)60-10)16-18-34(30)42(54)50-38(22-28(7)8)46(58)62-12/h15-18,23-28,35-38H,19-22H2,1-12H3,(H,47,51)(H,48,52)(H,49,53)(H,50,54). The lowest BCUT2D eigenvalue weighted by Gasteiger charge is -2.20. The Bertz CT molecular complexity index is 1870. The van der Waals surface area contributed by atoms with Crippen LogP contribution in [-0.4, -0.2) is 100 Å². The van der Waals surface area contributed by atoms with Crippen LogP contribution in [0.4, 0.5) is 0 Å². The van der Waals surface area contributed by atoms with Gasteiger partial charge in [-0.1, -0.05) is 67.2 Å². The van der Waals surface area contributed by atoms with Crippen molar-refractivity contribution in [3.05, 3.63) is 69.8 Å². The van der Waals surface area contributed by atoms with E-state index < -0.39 is 71.7 Å². The molecule has 4 amide bonds. The van der Waals surface area contributed by atoms with Gasteiger partial charge in [-0.05, 0) is 85.8 Å². The van der Waals surface area contributed by atoms with Crippen LogP contribution in [0.15, 0.2) is 36.4 Å². The van der Waals surface area contributed by atoms with E-state index in [4.69, 9.17) is 18.9 Å². The number of ether oxygens (including phenoxy) is 4. The molecule has 4 atom stereocenters. The molecule has 2 rings (SSSR count). The van der Waals surface area contributed by atoms with Gasteiger partial charge in [0, 0.05) is 22.3 Å². The molecule has 0 fully saturated rings. The van der Waals surface area contributed by atoms with Crippen molar-refractivity contribution in [2.24, 2.45) is 23.7 Å². The van der Waals surface area contributed by atoms with Crippen molar-refractivity contribution in [2.75, 3.05) is 28.4 Å². The fraction of sp³-hybridized carbons (Fsp3) is 0.522. The Labute approximate surface area is 364 Å². The molecule has 0 aliphatic carbocycles. The fourth-order valence-electron chi connectivity index (χ4n) is 6.37. The lowest BCUT2D eigenvalue weighted by Crippen LogP contribution is -2.43. The van der Waals surface area contributed by atoms with Crippen LogP contribution in [-0.2, 0) is 38.1 Å². The molecule has 0 heterocycles. The topological polar surface area (TPSA) is 222 Å². The minimum atomic E-state index is -1.03. The number of benzene rings is 2. The molecule has 0 radical (unpaired) electrons. The summed E-state index contributed by atoms with van der Waals surface area (Å²) in [5, 5.41) is 10.7. The van der Waals surface area contributed by atoms with Crippen molar-refractivity contribution in [1.82, 2.24) is 21.3 Å². The van der Waals surface area contributed by atoms with Crippen LogP contribution >= 0.6 is 0 Å². The van der Waals surface area contributed by atoms with E-state index in [1.54, 1.807) is 0 Å². The number of carbonyl (C=O) groups is 8. The molecule has 16 nitrogen and oxygen atoms in total. The average molecular weight is 863 g/mol. The first-order chi connectivity index (χ1) is 29.1. The van der Waals surface area contributed by atoms with Crippen LogP contribution in [0, 0.1) is 35.5 Å². The van der Waals surface area contributed by atoms with Crippen molar-refractivity contribution in [3.63, 3.8) is 0 Å². The quantitative estimate of drug-likeness (QED) is 0.0829. The van der Waals surface area contributed by atoms with Crippen molar-refractivity contribution < 1.29 is 57.3 Å². The summed E-state index contributed by atoms with van der Waals surface area (Å²) in [7, 11) is 4.82. The lowest BCUT2D eigenvalue weighted by atomic mass is 9.98. The van der Waals surface area contributed by atoms with Crippen LogP contribution in [0.2, 0.25) is 0 Å². The van der Waals surface area contributed by atoms with E-state index in [0.717, 1.165) is 0 Å². The van der Waals surface area contributed by atoms with Crippen LogP contribution in [0.25, 0.3) is 0 Å². The molecule has 0 aliphatic rings. The number of methoxy groups -OCH3 is 4. The smallest absolute Gasteiger partial charge is 0.328 e. The maximum atomic E-state index is 13.9. The number of hydrogen-bond donors (Lipinski definition) is 4. The molecular formula is C46H62N4O12. The Morgan fingerprint density at radius 2 is 0.661 bits per heavy atom. The Balaban J connectivity index is 2.91. The second-order valence-electron chi connectivity index (χ2n) is 16.5. The van der Waals surface area contributed by atoms with E-state index in [2.05, 4.69) is 33.1 Å². The second kappa shape index (κ2) is 24.9. The van der Waals surface area contributed by atoms with E-state index >= 15 is 0 Å². The van der Waals surface area contributed by atoms with E-state index in [1.165, 1.54) is 64.8 Å². The minimum Gasteiger partial charge on any atom is -0.467 e. The number of rotatable bonds is 20. The zero-order valence-corrected chi connectivity index (χ0v) is 37.8. The van der Waals surface area contributed by atoms with Gasteiger partial charge in [-0.15, -0.1) is 0 Å². The highest BCUT2D eigenvalue weighted by Gasteiger charge is 2.29. The van der Waals surface area contributed by atoms with Gasteiger partial charge in [0.15, 0.2) is 0 Å². The minimum absolute atomic E-state index is 0.00918. The summed E-state index contributed by atoms with van der Waals surface area (Å²) in [6.45, 7) is 15.0. The van der Waals surface area contributed by atoms with Gasteiger partial charge in [0.1, 0.15) is 24.2 Å². The average Bonchev–Trinajstić information content (AvgIpc) is 3.22. The summed E-state index contributed by atoms with van der Waals surface area (Å²) >= 11 is 0. The number of nitrogens with one attached hydrogen (secondary N) is 4. The molecule has 0 saturated heterocycles. The zero-order chi connectivity index (χ0) is 46.8. The second-order valence-corrected chi connectivity index (χ2v) is 16.5. The van der Waals surface area contributed by atoms with E-state index in [0.29, 0.717) is 0 Å². The Kier molecular flexibility index (Phi) is 20.8. The molecule has 16 heteroatoms. The molecule has 0 aromatic heterocycles. The summed E-state index contributed by atoms with van der Waals surface area (Å²) in [6.07, 6.45) is 1.04. The van der Waals surface area contributed by atoms with E-state index in [-0.39, 0.29) is 82.7 Å². The van der Waals surface area contributed by atoms with Gasteiger partial charge in [0.25, 0.3) is 23.6 Å². The van der Waals surface area contributed by atoms with Gasteiger partial charge < -0.3 is 40.2 Å². The Morgan fingerprint density at radius 3 is 0.887 bits per heavy atom. The van der Waals surface area contributed by atoms with Crippen LogP contribution in [0.1, 0.15) is 134 Å². The summed E-state index contributed by atoms with van der Waals surface area (Å²) in [5.41, 5.74) is -0.160. The third kappa shape index (κ3) is 16.0. The molecule has 4 unspecified atom stereocenters. The third-order valence-corrected chi connectivity index (χ3v) is 9.38. The zero-order valence-electron chi connectivity index (χ0n) is 37.8. The maximum absolute atomic E-state index is 13.9. The van der Waals surface area contributed by atoms with Crippen LogP contribution < -0.4 is 21.3 Å². The summed E-state index contributed by atoms with van der Waals surface area (Å²) in [6, 6.07) is 3.98. The van der Waals surface area contributed by atoms with Gasteiger partial charge in [0.05, 0.1) is 39.6 Å². The molecule has 0 spiro atoms. The summed E-state index contributed by atoms with van der Waals surface area (Å²) in [5.74, 6) is 0.289. The molecular weight excluding hydrogens is 801 g/mol. The van der Waals surface area contributed by atoms with Crippen molar-refractivity contribution in [2.45, 2.75) is 105 Å². The molecule has 0 saturated carbocycles. The largest absolute Gasteiger partial charge is 0.467 e. The van der Waals surface area contributed by atoms with E-state index in [1.807, 2.05) is 55.4 Å². The Morgan fingerprint density at radius 1 is 0.419 bits per heavy atom. The van der Waals surface area contributed by atoms with Gasteiger partial charge in [-0.3, -0.25) is 19.2 Å². The predicted molar refractivity (Wildman–Crippen MR) is 230 cm³/mol. The lowest BCUT2D eigenvalue weighted by molar-refractivity contribution is -0.144. The van der Waals surface area contributed by atoms with Gasteiger partial charge >= 0.3 is 23.9 Å². The maximum Gasteiger partial charge on any atom is 0.328 e. The van der Waals surface area contributed by atoms with E-state index in [9.17, 15) is 38.4 Å². The molecule has 2 aromatic rings. The molecule has 0 aliphatic heterocycles. The monoisotopic (exact) mass is 862 g/mol. The summed E-state index contributed by atoms with van der Waals surface area (Å²) in [4.78, 5) is 106. The number of esters is 4. The van der Waals surface area contributed by atoms with Gasteiger partial charge in [-0.2, -0.15) is 0 Å². The fourth-order valence-corrected chi connectivity index (χ4v) is 6.37. The molecule has 2 aromatic carbocycles. The predicted octanol–water partition coefficient (Wildman–Crippen LogP) is 4.36. The van der Waals surface area contributed by atoms with Crippen LogP contribution in [0.3, 0.4) is 0 Å². The van der Waals surface area contributed by atoms with Crippen LogP contribution in [0.5, 0.6) is 0 Å². The number of amides is 4. The highest BCUT2D eigenvalue weighted by Crippen LogP contribution is 2.19. The Hall–Kier alpha value is -6.24. The number of hydrogen-bond acceptors (Lipinski definition) is 12. The van der Waals surface area contributed by atoms with Gasteiger partial charge in [-0.25, -0.2) is 19.2 Å². The highest BCUT2D eigenvalue weighted by atomic mass is 16.5. The molecule has 0 bridgehead atoms. The summed E-state index contributed by atoms with van der Waals surface area (Å²) < 4.78 is 19.7. The van der Waals surface area contributed by atoms with Crippen molar-refractivity contribution in [3.8, 4) is 11.8 Å². The third-order valence-electron chi connectivity index (χ3n) is 9.38. The highest BCUT2D eigenvalue weighted by molar-refractivity contribution is 6.04. The van der Waals surface area contributed by atoms with Gasteiger partial charge in [0.2, 0.25) is 0 Å². The molecule has 4 N–H and O–H groups in total. The normalized spacial score (nSPS) is 12.8. The first kappa shape index (κ1) is 51.9. The van der Waals surface area contributed by atoms with Crippen molar-refractivity contribution >= 4 is 47.5 Å². The first-order valence-corrected chi connectivity index (χ1v) is 20.5.